The number of hydrogen-bond donors (Lipinski definition) is 2. The smallest absolute Gasteiger partial charge is 0.0707 e. The highest BCUT2D eigenvalue weighted by molar-refractivity contribution is 4.61. The van der Waals surface area contributed by atoms with E-state index in [0.29, 0.717) is 19.8 Å². The van der Waals surface area contributed by atoms with Crippen LogP contribution in [0.2, 0.25) is 0 Å². The van der Waals surface area contributed by atoms with Gasteiger partial charge in [0.15, 0.2) is 0 Å². The standard InChI is InChI=1S/C11H25NO3/c1-11(2,3)15-8-7-14-6-5-10(9-13)12-4/h10,12-13H,5-9H2,1-4H3. The quantitative estimate of drug-likeness (QED) is 0.593. The van der Waals surface area contributed by atoms with Gasteiger partial charge in [-0.15, -0.1) is 0 Å². The number of ether oxygens (including phenoxy) is 2. The zero-order valence-electron chi connectivity index (χ0n) is 10.4. The van der Waals surface area contributed by atoms with Crippen molar-refractivity contribution in [2.45, 2.75) is 38.8 Å². The molecule has 0 aromatic carbocycles. The summed E-state index contributed by atoms with van der Waals surface area (Å²) in [5.41, 5.74) is -0.0953. The number of aliphatic hydroxyl groups excluding tert-OH is 1. The minimum absolute atomic E-state index is 0.0953. The summed E-state index contributed by atoms with van der Waals surface area (Å²) in [6.45, 7) is 8.10. The second kappa shape index (κ2) is 8.05. The monoisotopic (exact) mass is 219 g/mol. The molecule has 0 aromatic heterocycles. The molecule has 0 rings (SSSR count). The molecule has 0 saturated carbocycles. The molecule has 0 aromatic rings. The molecule has 92 valence electrons. The Hall–Kier alpha value is -0.160. The van der Waals surface area contributed by atoms with Crippen molar-refractivity contribution < 1.29 is 14.6 Å². The van der Waals surface area contributed by atoms with E-state index in [1.807, 2.05) is 27.8 Å². The molecule has 0 aliphatic heterocycles. The maximum absolute atomic E-state index is 8.89. The van der Waals surface area contributed by atoms with Gasteiger partial charge in [-0.2, -0.15) is 0 Å². The molecule has 0 aliphatic rings. The normalized spacial score (nSPS) is 14.2. The first-order valence-corrected chi connectivity index (χ1v) is 5.49. The highest BCUT2D eigenvalue weighted by Crippen LogP contribution is 2.05. The van der Waals surface area contributed by atoms with Gasteiger partial charge in [-0.1, -0.05) is 0 Å². The van der Waals surface area contributed by atoms with Crippen molar-refractivity contribution in [2.24, 2.45) is 0 Å². The van der Waals surface area contributed by atoms with Gasteiger partial charge in [0.05, 0.1) is 25.4 Å². The average molecular weight is 219 g/mol. The molecular formula is C11H25NO3. The molecule has 0 fully saturated rings. The van der Waals surface area contributed by atoms with Gasteiger partial charge in [-0.05, 0) is 34.2 Å². The summed E-state index contributed by atoms with van der Waals surface area (Å²) >= 11 is 0. The fourth-order valence-corrected chi connectivity index (χ4v) is 1.06. The summed E-state index contributed by atoms with van der Waals surface area (Å²) in [4.78, 5) is 0. The predicted octanol–water partition coefficient (Wildman–Crippen LogP) is 0.788. The zero-order chi connectivity index (χ0) is 11.7. The molecule has 1 unspecified atom stereocenters. The van der Waals surface area contributed by atoms with Crippen LogP contribution in [0.1, 0.15) is 27.2 Å². The lowest BCUT2D eigenvalue weighted by molar-refractivity contribution is -0.0359. The van der Waals surface area contributed by atoms with E-state index in [1.165, 1.54) is 0 Å². The molecule has 0 spiro atoms. The lowest BCUT2D eigenvalue weighted by Gasteiger charge is -2.19. The van der Waals surface area contributed by atoms with Gasteiger partial charge >= 0.3 is 0 Å². The maximum Gasteiger partial charge on any atom is 0.0707 e. The highest BCUT2D eigenvalue weighted by atomic mass is 16.5. The summed E-state index contributed by atoms with van der Waals surface area (Å²) in [5.74, 6) is 0. The molecule has 0 heterocycles. The fourth-order valence-electron chi connectivity index (χ4n) is 1.06. The van der Waals surface area contributed by atoms with Gasteiger partial charge in [-0.25, -0.2) is 0 Å². The predicted molar refractivity (Wildman–Crippen MR) is 61.1 cm³/mol. The average Bonchev–Trinajstić information content (AvgIpc) is 2.15. The summed E-state index contributed by atoms with van der Waals surface area (Å²) < 4.78 is 10.9. The van der Waals surface area contributed by atoms with Gasteiger partial charge in [0.25, 0.3) is 0 Å². The third-order valence-electron chi connectivity index (χ3n) is 2.00. The van der Waals surface area contributed by atoms with Crippen LogP contribution < -0.4 is 5.32 Å². The Morgan fingerprint density at radius 1 is 1.20 bits per heavy atom. The zero-order valence-corrected chi connectivity index (χ0v) is 10.4. The summed E-state index contributed by atoms with van der Waals surface area (Å²) in [5, 5.41) is 11.9. The maximum atomic E-state index is 8.89. The Balaban J connectivity index is 3.25. The number of aliphatic hydroxyl groups is 1. The van der Waals surface area contributed by atoms with Crippen LogP contribution in [0, 0.1) is 0 Å². The number of nitrogens with one attached hydrogen (secondary N) is 1. The van der Waals surface area contributed by atoms with E-state index in [4.69, 9.17) is 14.6 Å². The lowest BCUT2D eigenvalue weighted by Crippen LogP contribution is -2.30. The van der Waals surface area contributed by atoms with Crippen molar-refractivity contribution >= 4 is 0 Å². The van der Waals surface area contributed by atoms with Gasteiger partial charge in [0.2, 0.25) is 0 Å². The molecule has 4 nitrogen and oxygen atoms in total. The van der Waals surface area contributed by atoms with E-state index in [0.717, 1.165) is 6.42 Å². The SMILES string of the molecule is CNC(CO)CCOCCOC(C)(C)C. The topological polar surface area (TPSA) is 50.7 Å². The van der Waals surface area contributed by atoms with E-state index in [2.05, 4.69) is 5.32 Å². The van der Waals surface area contributed by atoms with Gasteiger partial charge in [0.1, 0.15) is 0 Å². The first-order valence-electron chi connectivity index (χ1n) is 5.49. The molecule has 1 atom stereocenters. The highest BCUT2D eigenvalue weighted by Gasteiger charge is 2.09. The summed E-state index contributed by atoms with van der Waals surface area (Å²) in [6.07, 6.45) is 0.822. The molecule has 0 radical (unpaired) electrons. The number of hydrogen-bond acceptors (Lipinski definition) is 4. The van der Waals surface area contributed by atoms with Crippen LogP contribution >= 0.6 is 0 Å². The Kier molecular flexibility index (Phi) is 7.96. The molecular weight excluding hydrogens is 194 g/mol. The molecule has 0 bridgehead atoms. The minimum Gasteiger partial charge on any atom is -0.395 e. The van der Waals surface area contributed by atoms with Crippen molar-refractivity contribution in [2.75, 3.05) is 33.5 Å². The van der Waals surface area contributed by atoms with E-state index in [-0.39, 0.29) is 18.2 Å². The van der Waals surface area contributed by atoms with Crippen LogP contribution in [0.3, 0.4) is 0 Å². The largest absolute Gasteiger partial charge is 0.395 e. The number of likely N-dealkylation sites (N-methyl/N-ethyl adjacent to an activating group) is 1. The second-order valence-corrected chi connectivity index (χ2v) is 4.53. The van der Waals surface area contributed by atoms with Gasteiger partial charge in [0, 0.05) is 12.6 Å². The Bertz CT molecular complexity index is 141. The van der Waals surface area contributed by atoms with Crippen molar-refractivity contribution in [1.29, 1.82) is 0 Å². The van der Waals surface area contributed by atoms with E-state index < -0.39 is 0 Å². The third kappa shape index (κ3) is 10.1. The Morgan fingerprint density at radius 3 is 2.33 bits per heavy atom. The number of rotatable bonds is 8. The Labute approximate surface area is 93.0 Å². The first-order chi connectivity index (χ1) is 6.99. The fraction of sp³-hybridized carbons (Fsp3) is 1.00. The molecule has 4 heteroatoms. The molecule has 2 N–H and O–H groups in total. The van der Waals surface area contributed by atoms with Crippen LogP contribution in [0.4, 0.5) is 0 Å². The van der Waals surface area contributed by atoms with E-state index >= 15 is 0 Å². The Morgan fingerprint density at radius 2 is 1.87 bits per heavy atom. The van der Waals surface area contributed by atoms with E-state index in [9.17, 15) is 0 Å². The van der Waals surface area contributed by atoms with Crippen molar-refractivity contribution in [3.05, 3.63) is 0 Å². The van der Waals surface area contributed by atoms with Gasteiger partial charge in [-0.3, -0.25) is 0 Å². The second-order valence-electron chi connectivity index (χ2n) is 4.53. The van der Waals surface area contributed by atoms with Crippen molar-refractivity contribution in [1.82, 2.24) is 5.32 Å². The van der Waals surface area contributed by atoms with Crippen LogP contribution in [0.25, 0.3) is 0 Å². The van der Waals surface area contributed by atoms with E-state index in [1.54, 1.807) is 0 Å². The lowest BCUT2D eigenvalue weighted by atomic mass is 10.2. The molecule has 15 heavy (non-hydrogen) atoms. The van der Waals surface area contributed by atoms with Crippen LogP contribution in [0.15, 0.2) is 0 Å². The molecule has 0 aliphatic carbocycles. The third-order valence-corrected chi connectivity index (χ3v) is 2.00. The molecule has 0 saturated heterocycles. The van der Waals surface area contributed by atoms with Crippen molar-refractivity contribution in [3.63, 3.8) is 0 Å². The van der Waals surface area contributed by atoms with Crippen LogP contribution in [-0.4, -0.2) is 50.2 Å². The minimum atomic E-state index is -0.0953. The molecule has 0 amide bonds. The van der Waals surface area contributed by atoms with Crippen LogP contribution in [-0.2, 0) is 9.47 Å². The first kappa shape index (κ1) is 14.8. The van der Waals surface area contributed by atoms with Crippen molar-refractivity contribution in [3.8, 4) is 0 Å². The van der Waals surface area contributed by atoms with Crippen LogP contribution in [0.5, 0.6) is 0 Å². The van der Waals surface area contributed by atoms with Gasteiger partial charge < -0.3 is 19.9 Å². The summed E-state index contributed by atoms with van der Waals surface area (Å²) in [6, 6.07) is 0.133. The summed E-state index contributed by atoms with van der Waals surface area (Å²) in [7, 11) is 1.84.